The molecule has 0 N–H and O–H groups in total. The van der Waals surface area contributed by atoms with Crippen LogP contribution in [-0.2, 0) is 5.41 Å². The van der Waals surface area contributed by atoms with Crippen LogP contribution in [0.15, 0.2) is 180 Å². The van der Waals surface area contributed by atoms with Gasteiger partial charge in [0.05, 0.1) is 0 Å². The Bertz CT molecular complexity index is 3380. The molecule has 0 aliphatic heterocycles. The number of hydrogen-bond donors (Lipinski definition) is 0. The van der Waals surface area contributed by atoms with Gasteiger partial charge in [0.25, 0.3) is 0 Å². The number of fused-ring (bicyclic) bond motifs is 8. The Hall–Kier alpha value is -7.70. The van der Waals surface area contributed by atoms with E-state index in [4.69, 9.17) is 28.8 Å². The maximum atomic E-state index is 7.00. The fourth-order valence-electron chi connectivity index (χ4n) is 9.04. The highest BCUT2D eigenvalue weighted by molar-refractivity contribution is 6.13. The van der Waals surface area contributed by atoms with Crippen LogP contribution in [0.5, 0.6) is 0 Å². The highest BCUT2D eigenvalue weighted by atomic mass is 16.3. The molecule has 306 valence electrons. The van der Waals surface area contributed by atoms with Gasteiger partial charge in [-0.05, 0) is 72.7 Å². The zero-order valence-electron chi connectivity index (χ0n) is 35.9. The van der Waals surface area contributed by atoms with E-state index in [1.54, 1.807) is 12.2 Å². The Morgan fingerprint density at radius 2 is 1.40 bits per heavy atom. The Morgan fingerprint density at radius 3 is 2.10 bits per heavy atom. The molecule has 0 spiro atoms. The number of oxazole rings is 1. The highest BCUT2D eigenvalue weighted by Gasteiger charge is 2.38. The standard InChI is InChI=1S/C57H46N4O2/c1-7-11-19-35(9-3)53-59-54(36(10-4)20-12-8-2)61-55(60-53)40-24-16-23-38(33-40)41-25-17-27-43-44-28-18-26-42(51(44)62-50(41)43)39-29-30-45-47(34-39)57(5,6)46-31-32-48-52(49(45)46)63-56(58-48)37-21-14-13-15-22-37/h7-12,14,16-34H,1,4,13,15H2,2-3,5-6H3/b12-8-,19-11-,35-9+,36-20+. The summed E-state index contributed by atoms with van der Waals surface area (Å²) in [5.41, 5.74) is 15.6. The monoisotopic (exact) mass is 818 g/mol. The SMILES string of the molecule is C=C/C=C\C(=C/C)c1nc(/C(C=C)=C/C=C\C)nc(-c2cccc(-c3cccc4c3oc3c(-c5ccc6c(c5)C(C)(C)c5ccc7nc(C8=CCCC=C8)oc7c5-6)cccc34)c2)n1. The van der Waals surface area contributed by atoms with Gasteiger partial charge < -0.3 is 8.83 Å². The van der Waals surface area contributed by atoms with Crippen LogP contribution in [0, 0.1) is 0 Å². The van der Waals surface area contributed by atoms with Crippen molar-refractivity contribution >= 4 is 49.8 Å². The van der Waals surface area contributed by atoms with Crippen molar-refractivity contribution in [3.63, 3.8) is 0 Å². The van der Waals surface area contributed by atoms with Crippen LogP contribution in [0.3, 0.4) is 0 Å². The number of para-hydroxylation sites is 2. The molecule has 0 radical (unpaired) electrons. The van der Waals surface area contributed by atoms with Gasteiger partial charge >= 0.3 is 0 Å². The van der Waals surface area contributed by atoms with Gasteiger partial charge in [0.2, 0.25) is 5.89 Å². The molecule has 10 rings (SSSR count). The average Bonchev–Trinajstić information content (AvgIpc) is 4.00. The van der Waals surface area contributed by atoms with E-state index in [0.717, 1.165) is 96.0 Å². The van der Waals surface area contributed by atoms with Crippen LogP contribution in [0.25, 0.3) is 94.5 Å². The van der Waals surface area contributed by atoms with E-state index in [9.17, 15) is 0 Å². The number of rotatable bonds is 10. The van der Waals surface area contributed by atoms with Gasteiger partial charge in [-0.3, -0.25) is 0 Å². The molecule has 63 heavy (non-hydrogen) atoms. The van der Waals surface area contributed by atoms with Gasteiger partial charge in [0.1, 0.15) is 16.7 Å². The maximum absolute atomic E-state index is 7.00. The number of hydrogen-bond acceptors (Lipinski definition) is 6. The van der Waals surface area contributed by atoms with Crippen molar-refractivity contribution in [3.8, 4) is 44.8 Å². The predicted molar refractivity (Wildman–Crippen MR) is 261 cm³/mol. The molecular formula is C57H46N4O2. The van der Waals surface area contributed by atoms with Crippen LogP contribution in [0.1, 0.15) is 69.2 Å². The molecule has 0 bridgehead atoms. The summed E-state index contributed by atoms with van der Waals surface area (Å²) in [5.74, 6) is 2.34. The van der Waals surface area contributed by atoms with Gasteiger partial charge in [-0.25, -0.2) is 19.9 Å². The summed E-state index contributed by atoms with van der Waals surface area (Å²) in [7, 11) is 0. The van der Waals surface area contributed by atoms with Crippen molar-refractivity contribution in [1.29, 1.82) is 0 Å². The average molecular weight is 819 g/mol. The van der Waals surface area contributed by atoms with Crippen molar-refractivity contribution in [2.45, 2.75) is 46.0 Å². The molecule has 0 atom stereocenters. The van der Waals surface area contributed by atoms with E-state index in [1.807, 2.05) is 62.4 Å². The van der Waals surface area contributed by atoms with Crippen molar-refractivity contribution in [2.24, 2.45) is 0 Å². The smallest absolute Gasteiger partial charge is 0.227 e. The van der Waals surface area contributed by atoms with Crippen molar-refractivity contribution in [3.05, 3.63) is 200 Å². The van der Waals surface area contributed by atoms with E-state index in [0.29, 0.717) is 23.4 Å². The van der Waals surface area contributed by atoms with Crippen LogP contribution in [-0.4, -0.2) is 19.9 Å². The molecule has 2 aliphatic rings. The number of allylic oxidation sites excluding steroid dienone is 14. The lowest BCUT2D eigenvalue weighted by Gasteiger charge is -2.22. The molecule has 0 saturated carbocycles. The second-order valence-electron chi connectivity index (χ2n) is 16.4. The topological polar surface area (TPSA) is 77.8 Å². The summed E-state index contributed by atoms with van der Waals surface area (Å²) in [4.78, 5) is 19.8. The third-order valence-electron chi connectivity index (χ3n) is 12.3. The number of benzene rings is 5. The lowest BCUT2D eigenvalue weighted by atomic mass is 9.81. The minimum atomic E-state index is -0.251. The zero-order chi connectivity index (χ0) is 43.2. The summed E-state index contributed by atoms with van der Waals surface area (Å²) >= 11 is 0. The molecular weight excluding hydrogens is 773 g/mol. The quantitative estimate of drug-likeness (QED) is 0.128. The summed E-state index contributed by atoms with van der Waals surface area (Å²) in [5, 5.41) is 2.12. The largest absolute Gasteiger partial charge is 0.455 e. The van der Waals surface area contributed by atoms with E-state index >= 15 is 0 Å². The minimum Gasteiger partial charge on any atom is -0.455 e. The molecule has 5 aromatic carbocycles. The van der Waals surface area contributed by atoms with Gasteiger partial charge in [0, 0.05) is 55.2 Å². The second-order valence-corrected chi connectivity index (χ2v) is 16.4. The molecule has 6 nitrogen and oxygen atoms in total. The molecule has 8 aromatic rings. The maximum Gasteiger partial charge on any atom is 0.227 e. The highest BCUT2D eigenvalue weighted by Crippen LogP contribution is 2.53. The van der Waals surface area contributed by atoms with Gasteiger partial charge in [0.15, 0.2) is 23.1 Å². The first-order chi connectivity index (χ1) is 30.8. The van der Waals surface area contributed by atoms with Crippen LogP contribution < -0.4 is 0 Å². The number of furan rings is 1. The van der Waals surface area contributed by atoms with Gasteiger partial charge in [-0.2, -0.15) is 0 Å². The summed E-state index contributed by atoms with van der Waals surface area (Å²) in [6.07, 6.45) is 23.8. The lowest BCUT2D eigenvalue weighted by molar-refractivity contribution is 0.585. The van der Waals surface area contributed by atoms with Crippen LogP contribution in [0.2, 0.25) is 0 Å². The van der Waals surface area contributed by atoms with Crippen molar-refractivity contribution in [2.75, 3.05) is 0 Å². The Balaban J connectivity index is 1.06. The van der Waals surface area contributed by atoms with Crippen molar-refractivity contribution in [1.82, 2.24) is 19.9 Å². The minimum absolute atomic E-state index is 0.251. The van der Waals surface area contributed by atoms with E-state index in [2.05, 4.69) is 124 Å². The summed E-state index contributed by atoms with van der Waals surface area (Å²) < 4.78 is 13.6. The third-order valence-corrected chi connectivity index (χ3v) is 12.3. The molecule has 0 saturated heterocycles. The Labute approximate surface area is 367 Å². The Kier molecular flexibility index (Phi) is 9.99. The van der Waals surface area contributed by atoms with Gasteiger partial charge in [-0.15, -0.1) is 0 Å². The summed E-state index contributed by atoms with van der Waals surface area (Å²) in [6, 6.07) is 32.3. The third kappa shape index (κ3) is 6.75. The van der Waals surface area contributed by atoms with E-state index in [-0.39, 0.29) is 5.41 Å². The van der Waals surface area contributed by atoms with Crippen molar-refractivity contribution < 1.29 is 8.83 Å². The van der Waals surface area contributed by atoms with E-state index < -0.39 is 0 Å². The fraction of sp³-hybridized carbons (Fsp3) is 0.123. The molecule has 0 amide bonds. The second kappa shape index (κ2) is 16.0. The normalized spacial score (nSPS) is 14.9. The van der Waals surface area contributed by atoms with E-state index in [1.165, 1.54) is 16.7 Å². The molecule has 6 heteroatoms. The summed E-state index contributed by atoms with van der Waals surface area (Å²) in [6.45, 7) is 16.4. The Morgan fingerprint density at radius 1 is 0.667 bits per heavy atom. The van der Waals surface area contributed by atoms with Gasteiger partial charge in [-0.1, -0.05) is 167 Å². The molecule has 3 aromatic heterocycles. The molecule has 3 heterocycles. The van der Waals surface area contributed by atoms with Crippen LogP contribution >= 0.6 is 0 Å². The fourth-order valence-corrected chi connectivity index (χ4v) is 9.04. The van der Waals surface area contributed by atoms with Crippen LogP contribution in [0.4, 0.5) is 0 Å². The number of aromatic nitrogens is 4. The first-order valence-corrected chi connectivity index (χ1v) is 21.5. The first-order valence-electron chi connectivity index (χ1n) is 21.5. The molecule has 0 unspecified atom stereocenters. The number of nitrogens with zero attached hydrogens (tertiary/aromatic N) is 4. The first kappa shape index (κ1) is 39.4. The zero-order valence-corrected chi connectivity index (χ0v) is 35.9. The molecule has 0 fully saturated rings. The predicted octanol–water partition coefficient (Wildman–Crippen LogP) is 15.2. The molecule has 2 aliphatic carbocycles. The lowest BCUT2D eigenvalue weighted by Crippen LogP contribution is -2.14.